The SMILES string of the molecule is CC1C[C@@]23C[C@H]4[C@@H]5[C@@]6(C)CCC[C@@]57[C@@H]2C[C@@H]1C[C@@H]3[C@H]7N4C6. The molecule has 9 fully saturated rings. The molecule has 0 aromatic carbocycles. The van der Waals surface area contributed by atoms with Crippen LogP contribution in [0.4, 0.5) is 0 Å². The minimum absolute atomic E-state index is 0.712. The molecule has 0 aromatic rings. The summed E-state index contributed by atoms with van der Waals surface area (Å²) in [4.78, 5) is 3.12. The van der Waals surface area contributed by atoms with Gasteiger partial charge in [0.05, 0.1) is 0 Å². The van der Waals surface area contributed by atoms with Gasteiger partial charge in [-0.2, -0.15) is 0 Å². The summed E-state index contributed by atoms with van der Waals surface area (Å²) in [7, 11) is 0. The van der Waals surface area contributed by atoms with Crippen molar-refractivity contribution < 1.29 is 0 Å². The summed E-state index contributed by atoms with van der Waals surface area (Å²) in [5.41, 5.74) is 2.36. The Morgan fingerprint density at radius 2 is 2.00 bits per heavy atom. The van der Waals surface area contributed by atoms with Crippen LogP contribution in [0.5, 0.6) is 0 Å². The van der Waals surface area contributed by atoms with E-state index in [0.717, 1.165) is 52.5 Å². The average molecular weight is 283 g/mol. The fourth-order valence-electron chi connectivity index (χ4n) is 10.8. The van der Waals surface area contributed by atoms with Gasteiger partial charge in [-0.15, -0.1) is 0 Å². The van der Waals surface area contributed by atoms with Crippen molar-refractivity contribution in [1.82, 2.24) is 4.90 Å². The maximum absolute atomic E-state index is 3.12. The summed E-state index contributed by atoms with van der Waals surface area (Å²) in [5.74, 6) is 5.54. The first-order valence-corrected chi connectivity index (χ1v) is 9.86. The van der Waals surface area contributed by atoms with Crippen molar-refractivity contribution >= 4 is 0 Å². The summed E-state index contributed by atoms with van der Waals surface area (Å²) in [6.07, 6.45) is 11.2. The van der Waals surface area contributed by atoms with Gasteiger partial charge in [0, 0.05) is 18.6 Å². The normalized spacial score (nSPS) is 78.0. The molecule has 1 nitrogen and oxygen atoms in total. The molecule has 9 bridgehead atoms. The third kappa shape index (κ3) is 0.851. The Hall–Kier alpha value is -0.0400. The van der Waals surface area contributed by atoms with Gasteiger partial charge >= 0.3 is 0 Å². The highest BCUT2D eigenvalue weighted by Crippen LogP contribution is 2.87. The number of fused-ring (bicyclic) bond motifs is 1. The predicted molar refractivity (Wildman–Crippen MR) is 82.7 cm³/mol. The number of rotatable bonds is 0. The average Bonchev–Trinajstić information content (AvgIpc) is 2.84. The van der Waals surface area contributed by atoms with Gasteiger partial charge < -0.3 is 0 Å². The maximum atomic E-state index is 3.12. The summed E-state index contributed by atoms with van der Waals surface area (Å²) in [5, 5.41) is 0. The molecule has 6 aliphatic carbocycles. The number of nitrogens with zero attached hydrogens (tertiary/aromatic N) is 1. The van der Waals surface area contributed by atoms with E-state index in [1.165, 1.54) is 6.54 Å². The monoisotopic (exact) mass is 283 g/mol. The van der Waals surface area contributed by atoms with Crippen LogP contribution in [0.1, 0.15) is 58.8 Å². The quantitative estimate of drug-likeness (QED) is 0.651. The molecule has 2 unspecified atom stereocenters. The smallest absolute Gasteiger partial charge is 0.0195 e. The lowest BCUT2D eigenvalue weighted by Gasteiger charge is -2.64. The Morgan fingerprint density at radius 1 is 1.10 bits per heavy atom. The molecule has 3 saturated heterocycles. The Morgan fingerprint density at radius 3 is 2.90 bits per heavy atom. The first-order chi connectivity index (χ1) is 10.1. The zero-order valence-corrected chi connectivity index (χ0v) is 13.6. The van der Waals surface area contributed by atoms with Gasteiger partial charge in [0.25, 0.3) is 0 Å². The van der Waals surface area contributed by atoms with Gasteiger partial charge in [-0.3, -0.25) is 4.90 Å². The van der Waals surface area contributed by atoms with Gasteiger partial charge in [-0.1, -0.05) is 20.3 Å². The van der Waals surface area contributed by atoms with Crippen molar-refractivity contribution in [3.05, 3.63) is 0 Å². The van der Waals surface area contributed by atoms with Gasteiger partial charge in [0.2, 0.25) is 0 Å². The standard InChI is InChI=1S/C20H29N/c1-11-8-19-9-14-16-18(2)4-3-5-20(16)15(19)7-12(11)6-13(19)17(20)21(14)10-18/h11-17H,3-10H2,1-2H3/t11?,12-,13+,14-,15+,16+,17+,18-,19-,20+/m0/s1. The Kier molecular flexibility index (Phi) is 1.57. The second kappa shape index (κ2) is 2.87. The Labute approximate surface area is 128 Å². The molecule has 0 aromatic heterocycles. The van der Waals surface area contributed by atoms with Crippen LogP contribution in [0.15, 0.2) is 0 Å². The lowest BCUT2D eigenvalue weighted by atomic mass is 9.40. The molecule has 0 amide bonds. The third-order valence-electron chi connectivity index (χ3n) is 10.6. The number of hydrogen-bond acceptors (Lipinski definition) is 1. The van der Waals surface area contributed by atoms with E-state index >= 15 is 0 Å². The fraction of sp³-hybridized carbons (Fsp3) is 1.00. The predicted octanol–water partition coefficient (Wildman–Crippen LogP) is 3.93. The molecule has 3 aliphatic heterocycles. The third-order valence-corrected chi connectivity index (χ3v) is 10.6. The van der Waals surface area contributed by atoms with E-state index < -0.39 is 0 Å². The van der Waals surface area contributed by atoms with Gasteiger partial charge in [0.15, 0.2) is 0 Å². The van der Waals surface area contributed by atoms with Gasteiger partial charge in [-0.05, 0) is 84.4 Å². The minimum atomic E-state index is 0.712. The molecule has 11 atom stereocenters. The first-order valence-electron chi connectivity index (χ1n) is 9.86. The molecule has 0 radical (unpaired) electrons. The highest BCUT2D eigenvalue weighted by atomic mass is 15.3. The molecule has 3 heterocycles. The molecule has 9 aliphatic rings. The van der Waals surface area contributed by atoms with Crippen molar-refractivity contribution in [2.75, 3.05) is 6.54 Å². The molecule has 2 spiro atoms. The molecule has 1 heteroatoms. The van der Waals surface area contributed by atoms with E-state index in [1.54, 1.807) is 44.9 Å². The zero-order chi connectivity index (χ0) is 13.8. The summed E-state index contributed by atoms with van der Waals surface area (Å²) in [6, 6.07) is 2.08. The molecule has 9 rings (SSSR count). The van der Waals surface area contributed by atoms with Crippen LogP contribution in [-0.4, -0.2) is 23.5 Å². The van der Waals surface area contributed by atoms with E-state index in [9.17, 15) is 0 Å². The lowest BCUT2D eigenvalue weighted by molar-refractivity contribution is -0.147. The van der Waals surface area contributed by atoms with E-state index in [-0.39, 0.29) is 0 Å². The van der Waals surface area contributed by atoms with Crippen LogP contribution in [0.25, 0.3) is 0 Å². The second-order valence-electron chi connectivity index (χ2n) is 10.8. The summed E-state index contributed by atoms with van der Waals surface area (Å²) < 4.78 is 0. The maximum Gasteiger partial charge on any atom is 0.0195 e. The zero-order valence-electron chi connectivity index (χ0n) is 13.6. The van der Waals surface area contributed by atoms with Crippen LogP contribution < -0.4 is 0 Å². The van der Waals surface area contributed by atoms with Crippen LogP contribution in [0.3, 0.4) is 0 Å². The van der Waals surface area contributed by atoms with Gasteiger partial charge in [-0.25, -0.2) is 0 Å². The molecule has 0 N–H and O–H groups in total. The summed E-state index contributed by atoms with van der Waals surface area (Å²) in [6.45, 7) is 6.76. The van der Waals surface area contributed by atoms with Crippen molar-refractivity contribution in [3.63, 3.8) is 0 Å². The second-order valence-corrected chi connectivity index (χ2v) is 10.8. The molecule has 114 valence electrons. The Bertz CT molecular complexity index is 570. The highest BCUT2D eigenvalue weighted by molar-refractivity contribution is 5.36. The van der Waals surface area contributed by atoms with E-state index in [0.29, 0.717) is 5.41 Å². The number of hydrogen-bond donors (Lipinski definition) is 0. The van der Waals surface area contributed by atoms with Crippen LogP contribution in [0, 0.1) is 45.8 Å². The highest BCUT2D eigenvalue weighted by Gasteiger charge is 2.86. The van der Waals surface area contributed by atoms with E-state index in [2.05, 4.69) is 18.7 Å². The fourth-order valence-corrected chi connectivity index (χ4v) is 10.8. The molecular weight excluding hydrogens is 254 g/mol. The lowest BCUT2D eigenvalue weighted by Crippen LogP contribution is -2.59. The van der Waals surface area contributed by atoms with Crippen molar-refractivity contribution in [1.29, 1.82) is 0 Å². The minimum Gasteiger partial charge on any atom is -0.296 e. The van der Waals surface area contributed by atoms with E-state index in [4.69, 9.17) is 0 Å². The van der Waals surface area contributed by atoms with E-state index in [1.807, 2.05) is 0 Å². The largest absolute Gasteiger partial charge is 0.296 e. The van der Waals surface area contributed by atoms with Crippen molar-refractivity contribution in [2.24, 2.45) is 45.8 Å². The molecule has 21 heavy (non-hydrogen) atoms. The first kappa shape index (κ1) is 11.5. The van der Waals surface area contributed by atoms with Crippen molar-refractivity contribution in [3.8, 4) is 0 Å². The van der Waals surface area contributed by atoms with Gasteiger partial charge in [0.1, 0.15) is 0 Å². The van der Waals surface area contributed by atoms with Crippen LogP contribution in [0.2, 0.25) is 0 Å². The van der Waals surface area contributed by atoms with Crippen LogP contribution in [-0.2, 0) is 0 Å². The number of piperidine rings is 2. The topological polar surface area (TPSA) is 3.24 Å². The molecular formula is C20H29N. The van der Waals surface area contributed by atoms with Crippen molar-refractivity contribution in [2.45, 2.75) is 70.9 Å². The molecule has 6 saturated carbocycles. The summed E-state index contributed by atoms with van der Waals surface area (Å²) >= 11 is 0. The Balaban J connectivity index is 1.51. The van der Waals surface area contributed by atoms with Crippen LogP contribution >= 0.6 is 0 Å².